The summed E-state index contributed by atoms with van der Waals surface area (Å²) in [5.74, 6) is 0.257. The van der Waals surface area contributed by atoms with Crippen molar-refractivity contribution in [2.45, 2.75) is 32.1 Å². The second kappa shape index (κ2) is 12.9. The average molecular weight is 603 g/mol. The summed E-state index contributed by atoms with van der Waals surface area (Å²) in [5, 5.41) is 7.46. The molecule has 0 bridgehead atoms. The number of carbonyl (C=O) groups excluding carboxylic acids is 3. The summed E-state index contributed by atoms with van der Waals surface area (Å²) in [6, 6.07) is 6.91. The number of hydrogen-bond donors (Lipinski definition) is 3. The fourth-order valence-electron chi connectivity index (χ4n) is 3.98. The maximum absolute atomic E-state index is 12.7. The molecule has 1 aromatic carbocycles. The van der Waals surface area contributed by atoms with Gasteiger partial charge >= 0.3 is 12.1 Å². The quantitative estimate of drug-likeness (QED) is 0.350. The molecule has 1 saturated heterocycles. The van der Waals surface area contributed by atoms with Gasteiger partial charge < -0.3 is 19.9 Å². The van der Waals surface area contributed by atoms with E-state index < -0.39 is 16.1 Å². The van der Waals surface area contributed by atoms with E-state index in [1.54, 1.807) is 36.0 Å². The summed E-state index contributed by atoms with van der Waals surface area (Å²) in [5.41, 5.74) is 1.51. The lowest BCUT2D eigenvalue weighted by molar-refractivity contribution is -0.115. The molecule has 3 aromatic rings. The predicted molar refractivity (Wildman–Crippen MR) is 152 cm³/mol. The molecule has 41 heavy (non-hydrogen) atoms. The van der Waals surface area contributed by atoms with E-state index in [1.165, 1.54) is 41.7 Å². The van der Waals surface area contributed by atoms with E-state index in [9.17, 15) is 22.8 Å². The van der Waals surface area contributed by atoms with E-state index in [0.29, 0.717) is 60.8 Å². The van der Waals surface area contributed by atoms with Gasteiger partial charge in [0.15, 0.2) is 5.13 Å². The standard InChI is InChI=1S/C25H30N8O6S2/c1-4-39-25(36)33-11-9-32(10-12-33)24(35)30-23-29-19(15-40-23)14-22(34)28-18-5-7-20(8-6-18)41(37,38)31-21-13-16(2)26-17(3)27-21/h5-8,13,15H,4,9-12,14H2,1-3H3,(H,28,34)(H,26,27,31)(H,29,30,35). The Bertz CT molecular complexity index is 1500. The molecular weight excluding hydrogens is 572 g/mol. The predicted octanol–water partition coefficient (Wildman–Crippen LogP) is 2.84. The van der Waals surface area contributed by atoms with Gasteiger partial charge in [-0.25, -0.2) is 33.0 Å². The summed E-state index contributed by atoms with van der Waals surface area (Å²) < 4.78 is 32.9. The molecule has 218 valence electrons. The maximum atomic E-state index is 12.7. The van der Waals surface area contributed by atoms with E-state index in [4.69, 9.17) is 4.74 Å². The summed E-state index contributed by atoms with van der Waals surface area (Å²) in [6.07, 6.45) is -0.435. The fourth-order valence-corrected chi connectivity index (χ4v) is 5.67. The molecule has 3 heterocycles. The molecule has 0 spiro atoms. The number of piperazine rings is 1. The Balaban J connectivity index is 1.26. The Hall–Kier alpha value is -4.31. The Morgan fingerprint density at radius 1 is 0.976 bits per heavy atom. The molecule has 16 heteroatoms. The Kier molecular flexibility index (Phi) is 9.34. The van der Waals surface area contributed by atoms with Crippen LogP contribution in [0.15, 0.2) is 40.6 Å². The van der Waals surface area contributed by atoms with Crippen LogP contribution in [0.4, 0.5) is 26.2 Å². The molecule has 0 atom stereocenters. The zero-order chi connectivity index (χ0) is 29.6. The first-order valence-electron chi connectivity index (χ1n) is 12.7. The van der Waals surface area contributed by atoms with E-state index in [-0.39, 0.29) is 29.1 Å². The third kappa shape index (κ3) is 8.11. The average Bonchev–Trinajstić information content (AvgIpc) is 3.34. The lowest BCUT2D eigenvalue weighted by Crippen LogP contribution is -2.51. The minimum absolute atomic E-state index is 0.00612. The Morgan fingerprint density at radius 2 is 1.66 bits per heavy atom. The number of nitrogens with one attached hydrogen (secondary N) is 3. The number of anilines is 3. The third-order valence-corrected chi connectivity index (χ3v) is 8.03. The highest BCUT2D eigenvalue weighted by atomic mass is 32.2. The number of benzene rings is 1. The molecule has 0 aliphatic carbocycles. The lowest BCUT2D eigenvalue weighted by atomic mass is 10.3. The molecule has 1 aliphatic heterocycles. The maximum Gasteiger partial charge on any atom is 0.409 e. The first-order chi connectivity index (χ1) is 19.5. The second-order valence-electron chi connectivity index (χ2n) is 9.04. The van der Waals surface area contributed by atoms with Crippen LogP contribution in [0, 0.1) is 13.8 Å². The van der Waals surface area contributed by atoms with Crippen molar-refractivity contribution in [2.24, 2.45) is 0 Å². The second-order valence-corrected chi connectivity index (χ2v) is 11.6. The lowest BCUT2D eigenvalue weighted by Gasteiger charge is -2.33. The molecule has 2 aromatic heterocycles. The monoisotopic (exact) mass is 602 g/mol. The SMILES string of the molecule is CCOC(=O)N1CCN(C(=O)Nc2nc(CC(=O)Nc3ccc(S(=O)(=O)Nc4cc(C)nc(C)n4)cc3)cs2)CC1. The van der Waals surface area contributed by atoms with Crippen LogP contribution in [0.2, 0.25) is 0 Å². The van der Waals surface area contributed by atoms with Gasteiger partial charge in [-0.2, -0.15) is 0 Å². The molecule has 14 nitrogen and oxygen atoms in total. The number of amides is 4. The first kappa shape index (κ1) is 29.7. The molecule has 1 aliphatic rings. The van der Waals surface area contributed by atoms with Crippen LogP contribution in [0.3, 0.4) is 0 Å². The highest BCUT2D eigenvalue weighted by Crippen LogP contribution is 2.20. The van der Waals surface area contributed by atoms with Gasteiger partial charge in [0.1, 0.15) is 11.6 Å². The molecule has 0 unspecified atom stereocenters. The molecule has 1 fully saturated rings. The zero-order valence-electron chi connectivity index (χ0n) is 22.7. The van der Waals surface area contributed by atoms with Crippen molar-refractivity contribution in [3.63, 3.8) is 0 Å². The van der Waals surface area contributed by atoms with Crippen LogP contribution in [0.25, 0.3) is 0 Å². The largest absolute Gasteiger partial charge is 0.450 e. The number of urea groups is 1. The van der Waals surface area contributed by atoms with Gasteiger partial charge in [-0.3, -0.25) is 14.8 Å². The third-order valence-electron chi connectivity index (χ3n) is 5.85. The van der Waals surface area contributed by atoms with Crippen LogP contribution in [0.1, 0.15) is 24.1 Å². The number of aryl methyl sites for hydroxylation is 2. The van der Waals surface area contributed by atoms with Crippen molar-refractivity contribution in [1.82, 2.24) is 24.8 Å². The zero-order valence-corrected chi connectivity index (χ0v) is 24.3. The molecular formula is C25H30N8O6S2. The van der Waals surface area contributed by atoms with E-state index in [0.717, 1.165) is 0 Å². The van der Waals surface area contributed by atoms with Crippen molar-refractivity contribution >= 4 is 56.0 Å². The minimum atomic E-state index is -3.89. The number of hydrogen-bond acceptors (Lipinski definition) is 10. The van der Waals surface area contributed by atoms with Crippen LogP contribution in [0.5, 0.6) is 0 Å². The van der Waals surface area contributed by atoms with E-state index >= 15 is 0 Å². The van der Waals surface area contributed by atoms with E-state index in [2.05, 4.69) is 30.3 Å². The number of ether oxygens (including phenoxy) is 1. The van der Waals surface area contributed by atoms with Gasteiger partial charge in [-0.15, -0.1) is 11.3 Å². The van der Waals surface area contributed by atoms with Crippen molar-refractivity contribution in [1.29, 1.82) is 0 Å². The van der Waals surface area contributed by atoms with Crippen molar-refractivity contribution < 1.29 is 27.5 Å². The van der Waals surface area contributed by atoms with Gasteiger partial charge in [0.2, 0.25) is 5.91 Å². The number of sulfonamides is 1. The Labute approximate surface area is 241 Å². The van der Waals surface area contributed by atoms with Crippen LogP contribution < -0.4 is 15.4 Å². The normalized spacial score (nSPS) is 13.4. The molecule has 4 amide bonds. The Morgan fingerprint density at radius 3 is 2.32 bits per heavy atom. The van der Waals surface area contributed by atoms with Gasteiger partial charge in [0, 0.05) is 49.0 Å². The number of rotatable bonds is 8. The summed E-state index contributed by atoms with van der Waals surface area (Å²) in [4.78, 5) is 52.6. The molecule has 4 rings (SSSR count). The minimum Gasteiger partial charge on any atom is -0.450 e. The molecule has 3 N–H and O–H groups in total. The number of nitrogens with zero attached hydrogens (tertiary/aromatic N) is 5. The van der Waals surface area contributed by atoms with Crippen molar-refractivity contribution in [2.75, 3.05) is 48.1 Å². The van der Waals surface area contributed by atoms with Gasteiger partial charge in [0.25, 0.3) is 10.0 Å². The molecule has 0 saturated carbocycles. The van der Waals surface area contributed by atoms with Crippen LogP contribution in [-0.4, -0.2) is 84.0 Å². The van der Waals surface area contributed by atoms with Gasteiger partial charge in [-0.1, -0.05) is 0 Å². The number of thiazole rings is 1. The highest BCUT2D eigenvalue weighted by molar-refractivity contribution is 7.92. The fraction of sp³-hybridized carbons (Fsp3) is 0.360. The van der Waals surface area contributed by atoms with Gasteiger partial charge in [0.05, 0.1) is 23.6 Å². The number of carbonyl (C=O) groups is 3. The van der Waals surface area contributed by atoms with Gasteiger partial charge in [-0.05, 0) is 45.0 Å². The number of aromatic nitrogens is 3. The van der Waals surface area contributed by atoms with Crippen molar-refractivity contribution in [3.8, 4) is 0 Å². The molecule has 0 radical (unpaired) electrons. The van der Waals surface area contributed by atoms with Crippen LogP contribution in [-0.2, 0) is 26.0 Å². The van der Waals surface area contributed by atoms with Crippen molar-refractivity contribution in [3.05, 3.63) is 52.9 Å². The van der Waals surface area contributed by atoms with E-state index in [1.807, 2.05) is 0 Å². The smallest absolute Gasteiger partial charge is 0.409 e. The first-order valence-corrected chi connectivity index (χ1v) is 15.1. The van der Waals surface area contributed by atoms with Crippen LogP contribution >= 0.6 is 11.3 Å². The summed E-state index contributed by atoms with van der Waals surface area (Å²) >= 11 is 1.19. The highest BCUT2D eigenvalue weighted by Gasteiger charge is 2.25. The topological polar surface area (TPSA) is 176 Å². The summed E-state index contributed by atoms with van der Waals surface area (Å²) in [6.45, 7) is 6.92. The summed E-state index contributed by atoms with van der Waals surface area (Å²) in [7, 11) is -3.89.